The van der Waals surface area contributed by atoms with Crippen LogP contribution in [0.4, 0.5) is 0 Å². The summed E-state index contributed by atoms with van der Waals surface area (Å²) in [6.07, 6.45) is 11.6. The molecule has 0 aromatic heterocycles. The Hall–Kier alpha value is -1.26. The molecule has 0 spiro atoms. The number of nitrogens with zero attached hydrogens (tertiary/aromatic N) is 2. The molecule has 0 saturated carbocycles. The smallest absolute Gasteiger partial charge is 0.120 e. The molecule has 2 atom stereocenters. The average Bonchev–Trinajstić information content (AvgIpc) is 3.18. The van der Waals surface area contributed by atoms with Gasteiger partial charge >= 0.3 is 0 Å². The number of piperidine rings is 3. The van der Waals surface area contributed by atoms with Gasteiger partial charge in [-0.15, -0.1) is 0 Å². The van der Waals surface area contributed by atoms with Crippen LogP contribution < -0.4 is 10.2 Å². The van der Waals surface area contributed by atoms with Gasteiger partial charge in [-0.25, -0.2) is 0 Å². The van der Waals surface area contributed by atoms with E-state index in [4.69, 9.17) is 21.4 Å². The summed E-state index contributed by atoms with van der Waals surface area (Å²) in [4.78, 5) is 2.57. The summed E-state index contributed by atoms with van der Waals surface area (Å²) in [6.45, 7) is 5.40. The first kappa shape index (κ1) is 20.0. The zero-order chi connectivity index (χ0) is 19.3. The van der Waals surface area contributed by atoms with E-state index < -0.39 is 0 Å². The van der Waals surface area contributed by atoms with Crippen LogP contribution in [0, 0.1) is 5.92 Å². The minimum atomic E-state index is 0.169. The van der Waals surface area contributed by atoms with Gasteiger partial charge in [-0.1, -0.05) is 63.1 Å². The Balaban J connectivity index is 1.27. The summed E-state index contributed by atoms with van der Waals surface area (Å²) in [5.74, 6) is 1.54. The Morgan fingerprint density at radius 2 is 1.86 bits per heavy atom. The number of unbranched alkanes of at least 4 members (excludes halogenated alkanes) is 6. The molecule has 2 bridgehead atoms. The van der Waals surface area contributed by atoms with Crippen molar-refractivity contribution < 1.29 is 4.74 Å². The predicted molar refractivity (Wildman–Crippen MR) is 116 cm³/mol. The first-order valence-electron chi connectivity index (χ1n) is 11.3. The Bertz CT molecular complexity index is 684. The maximum absolute atomic E-state index is 6.66. The monoisotopic (exact) mass is 403 g/mol. The number of fused-ring (bicyclic) bond motifs is 2. The lowest BCUT2D eigenvalue weighted by molar-refractivity contribution is 0.133. The number of hydrazone groups is 1. The molecule has 1 N–H and O–H groups in total. The van der Waals surface area contributed by atoms with E-state index >= 15 is 0 Å². The average molecular weight is 404 g/mol. The standard InChI is InChI=1S/C23H34ClN3O/c1-2-3-4-5-6-7-8-15-28-18-9-10-19(20(24)16-18)22-23-21(25-26-22)17-11-13-27(23)14-12-17/h9-10,16-17,22-23,26H,2-8,11-15H2,1H3. The summed E-state index contributed by atoms with van der Waals surface area (Å²) in [7, 11) is 0. The van der Waals surface area contributed by atoms with E-state index in [0.29, 0.717) is 12.0 Å². The number of rotatable bonds is 10. The van der Waals surface area contributed by atoms with Crippen LogP contribution in [-0.4, -0.2) is 36.3 Å². The number of halogens is 1. The van der Waals surface area contributed by atoms with Crippen molar-refractivity contribution in [2.24, 2.45) is 11.0 Å². The highest BCUT2D eigenvalue weighted by molar-refractivity contribution is 6.31. The van der Waals surface area contributed by atoms with Gasteiger partial charge in [0.05, 0.1) is 24.4 Å². The normalized spacial score (nSPS) is 28.0. The molecule has 4 nitrogen and oxygen atoms in total. The molecule has 4 aliphatic rings. The van der Waals surface area contributed by atoms with Crippen molar-refractivity contribution in [2.45, 2.75) is 76.8 Å². The summed E-state index contributed by atoms with van der Waals surface area (Å²) < 4.78 is 5.94. The second kappa shape index (κ2) is 9.49. The van der Waals surface area contributed by atoms with Gasteiger partial charge in [-0.05, 0) is 50.0 Å². The second-order valence-corrected chi connectivity index (χ2v) is 8.96. The van der Waals surface area contributed by atoms with E-state index in [-0.39, 0.29) is 6.04 Å². The number of hydrogen-bond acceptors (Lipinski definition) is 4. The van der Waals surface area contributed by atoms with Crippen molar-refractivity contribution >= 4 is 17.3 Å². The van der Waals surface area contributed by atoms with Crippen molar-refractivity contribution in [3.05, 3.63) is 28.8 Å². The van der Waals surface area contributed by atoms with Gasteiger partial charge in [0.25, 0.3) is 0 Å². The Kier molecular flexibility index (Phi) is 6.79. The van der Waals surface area contributed by atoms with Crippen molar-refractivity contribution in [1.29, 1.82) is 0 Å². The largest absolute Gasteiger partial charge is 0.494 e. The molecule has 0 aliphatic carbocycles. The number of hydrogen-bond donors (Lipinski definition) is 1. The summed E-state index contributed by atoms with van der Waals surface area (Å²) in [5, 5.41) is 5.48. The first-order chi connectivity index (χ1) is 13.8. The predicted octanol–water partition coefficient (Wildman–Crippen LogP) is 5.56. The van der Waals surface area contributed by atoms with Crippen LogP contribution >= 0.6 is 11.6 Å². The highest BCUT2D eigenvalue weighted by atomic mass is 35.5. The zero-order valence-corrected chi connectivity index (χ0v) is 17.9. The molecule has 4 aliphatic heterocycles. The van der Waals surface area contributed by atoms with Crippen molar-refractivity contribution in [2.75, 3.05) is 19.7 Å². The third-order valence-electron chi connectivity index (χ3n) is 6.62. The van der Waals surface area contributed by atoms with E-state index in [2.05, 4.69) is 29.4 Å². The molecular weight excluding hydrogens is 370 g/mol. The summed E-state index contributed by atoms with van der Waals surface area (Å²) in [5.41, 5.74) is 5.86. The van der Waals surface area contributed by atoms with Gasteiger partial charge in [-0.2, -0.15) is 5.10 Å². The minimum Gasteiger partial charge on any atom is -0.494 e. The van der Waals surface area contributed by atoms with Crippen LogP contribution in [0.3, 0.4) is 0 Å². The summed E-state index contributed by atoms with van der Waals surface area (Å²) in [6, 6.07) is 6.72. The fourth-order valence-corrected chi connectivity index (χ4v) is 5.28. The molecule has 4 heterocycles. The Morgan fingerprint density at radius 3 is 2.61 bits per heavy atom. The SMILES string of the molecule is CCCCCCCCCOc1ccc(C2NN=C3C4CCN(CC4)C32)c(Cl)c1. The molecule has 3 saturated heterocycles. The van der Waals surface area contributed by atoms with Gasteiger partial charge in [0.15, 0.2) is 0 Å². The molecule has 5 rings (SSSR count). The highest BCUT2D eigenvalue weighted by Gasteiger charge is 2.47. The number of nitrogens with one attached hydrogen (secondary N) is 1. The van der Waals surface area contributed by atoms with Gasteiger partial charge < -0.3 is 10.2 Å². The van der Waals surface area contributed by atoms with Crippen LogP contribution in [-0.2, 0) is 0 Å². The van der Waals surface area contributed by atoms with Gasteiger partial charge in [0.2, 0.25) is 0 Å². The molecule has 5 heteroatoms. The molecular formula is C23H34ClN3O. The van der Waals surface area contributed by atoms with Gasteiger partial charge in [-0.3, -0.25) is 4.90 Å². The lowest BCUT2D eigenvalue weighted by atomic mass is 9.78. The Morgan fingerprint density at radius 1 is 1.11 bits per heavy atom. The third kappa shape index (κ3) is 4.33. The molecule has 28 heavy (non-hydrogen) atoms. The molecule has 3 fully saturated rings. The first-order valence-corrected chi connectivity index (χ1v) is 11.6. The molecule has 1 aromatic carbocycles. The van der Waals surface area contributed by atoms with Gasteiger partial charge in [0.1, 0.15) is 5.75 Å². The van der Waals surface area contributed by atoms with E-state index in [1.165, 1.54) is 70.2 Å². The van der Waals surface area contributed by atoms with Crippen molar-refractivity contribution in [1.82, 2.24) is 10.3 Å². The highest BCUT2D eigenvalue weighted by Crippen LogP contribution is 2.41. The fourth-order valence-electron chi connectivity index (χ4n) is 4.99. The van der Waals surface area contributed by atoms with E-state index in [1.54, 1.807) is 0 Å². The second-order valence-electron chi connectivity index (χ2n) is 8.55. The van der Waals surface area contributed by atoms with Crippen LogP contribution in [0.25, 0.3) is 0 Å². The van der Waals surface area contributed by atoms with E-state index in [1.807, 2.05) is 6.07 Å². The van der Waals surface area contributed by atoms with Crippen molar-refractivity contribution in [3.8, 4) is 5.75 Å². The molecule has 2 unspecified atom stereocenters. The minimum absolute atomic E-state index is 0.169. The lowest BCUT2D eigenvalue weighted by Gasteiger charge is -2.45. The van der Waals surface area contributed by atoms with Crippen LogP contribution in [0.1, 0.15) is 76.3 Å². The molecule has 0 radical (unpaired) electrons. The molecule has 1 aromatic rings. The van der Waals surface area contributed by atoms with E-state index in [0.717, 1.165) is 29.4 Å². The number of benzene rings is 1. The van der Waals surface area contributed by atoms with E-state index in [9.17, 15) is 0 Å². The van der Waals surface area contributed by atoms with Crippen LogP contribution in [0.15, 0.2) is 23.3 Å². The topological polar surface area (TPSA) is 36.9 Å². The lowest BCUT2D eigenvalue weighted by Crippen LogP contribution is -2.56. The fraction of sp³-hybridized carbons (Fsp3) is 0.696. The molecule has 0 amide bonds. The van der Waals surface area contributed by atoms with Crippen LogP contribution in [0.5, 0.6) is 5.75 Å². The quantitative estimate of drug-likeness (QED) is 0.519. The van der Waals surface area contributed by atoms with Gasteiger partial charge in [0, 0.05) is 10.9 Å². The number of ether oxygens (including phenoxy) is 1. The van der Waals surface area contributed by atoms with Crippen molar-refractivity contribution in [3.63, 3.8) is 0 Å². The summed E-state index contributed by atoms with van der Waals surface area (Å²) >= 11 is 6.66. The molecule has 154 valence electrons. The third-order valence-corrected chi connectivity index (χ3v) is 6.94. The maximum Gasteiger partial charge on any atom is 0.120 e. The zero-order valence-electron chi connectivity index (χ0n) is 17.1. The van der Waals surface area contributed by atoms with Crippen LogP contribution in [0.2, 0.25) is 5.02 Å². The maximum atomic E-state index is 6.66. The Labute approximate surface area is 174 Å².